The second-order valence-corrected chi connectivity index (χ2v) is 7.60. The summed E-state index contributed by atoms with van der Waals surface area (Å²) in [4.78, 5) is 25.3. The molecule has 0 saturated heterocycles. The zero-order valence-electron chi connectivity index (χ0n) is 18.2. The van der Waals surface area contributed by atoms with Gasteiger partial charge in [0.15, 0.2) is 0 Å². The van der Waals surface area contributed by atoms with Crippen molar-refractivity contribution in [3.8, 4) is 5.75 Å². The lowest BCUT2D eigenvalue weighted by atomic mass is 10.1. The molecule has 164 valence electrons. The van der Waals surface area contributed by atoms with Crippen molar-refractivity contribution in [2.24, 2.45) is 0 Å². The van der Waals surface area contributed by atoms with Gasteiger partial charge in [0.1, 0.15) is 12.4 Å². The molecule has 2 N–H and O–H groups in total. The highest BCUT2D eigenvalue weighted by Gasteiger charge is 2.12. The van der Waals surface area contributed by atoms with Gasteiger partial charge in [0.25, 0.3) is 11.8 Å². The summed E-state index contributed by atoms with van der Waals surface area (Å²) >= 11 is 0. The second kappa shape index (κ2) is 10.3. The van der Waals surface area contributed by atoms with Crippen LogP contribution in [0.4, 0.5) is 11.4 Å². The average Bonchev–Trinajstić information content (AvgIpc) is 2.86. The van der Waals surface area contributed by atoms with Crippen LogP contribution in [0.25, 0.3) is 0 Å². The molecule has 0 unspecified atom stereocenters. The molecule has 0 bridgehead atoms. The lowest BCUT2D eigenvalue weighted by Gasteiger charge is -2.12. The predicted molar refractivity (Wildman–Crippen MR) is 131 cm³/mol. The van der Waals surface area contributed by atoms with E-state index in [0.717, 1.165) is 16.9 Å². The van der Waals surface area contributed by atoms with Gasteiger partial charge in [-0.05, 0) is 66.6 Å². The summed E-state index contributed by atoms with van der Waals surface area (Å²) in [5.41, 5.74) is 4.22. The van der Waals surface area contributed by atoms with Gasteiger partial charge in [-0.1, -0.05) is 54.6 Å². The molecule has 0 aromatic heterocycles. The van der Waals surface area contributed by atoms with E-state index in [0.29, 0.717) is 29.1 Å². The van der Waals surface area contributed by atoms with Crippen molar-refractivity contribution in [1.29, 1.82) is 0 Å². The second-order valence-electron chi connectivity index (χ2n) is 7.60. The molecule has 0 heterocycles. The SMILES string of the molecule is Cc1ccc(C(=O)Nc2ccc(OCc3ccccc3)cc2)cc1NC(=O)c1ccccc1. The monoisotopic (exact) mass is 436 g/mol. The minimum atomic E-state index is -0.261. The van der Waals surface area contributed by atoms with Crippen molar-refractivity contribution < 1.29 is 14.3 Å². The lowest BCUT2D eigenvalue weighted by Crippen LogP contribution is -2.15. The number of anilines is 2. The first-order valence-electron chi connectivity index (χ1n) is 10.6. The third kappa shape index (κ3) is 5.86. The number of nitrogens with one attached hydrogen (secondary N) is 2. The van der Waals surface area contributed by atoms with Crippen LogP contribution in [-0.2, 0) is 6.61 Å². The van der Waals surface area contributed by atoms with E-state index in [9.17, 15) is 9.59 Å². The number of aryl methyl sites for hydroxylation is 1. The van der Waals surface area contributed by atoms with Crippen LogP contribution in [0.3, 0.4) is 0 Å². The molecule has 0 radical (unpaired) electrons. The number of ether oxygens (including phenoxy) is 1. The Morgan fingerprint density at radius 2 is 1.33 bits per heavy atom. The molecule has 0 fully saturated rings. The van der Waals surface area contributed by atoms with E-state index in [1.807, 2.05) is 73.7 Å². The molecular weight excluding hydrogens is 412 g/mol. The topological polar surface area (TPSA) is 67.4 Å². The van der Waals surface area contributed by atoms with Crippen LogP contribution < -0.4 is 15.4 Å². The maximum absolute atomic E-state index is 12.8. The molecule has 4 aromatic rings. The van der Waals surface area contributed by atoms with Crippen LogP contribution in [0.5, 0.6) is 5.75 Å². The van der Waals surface area contributed by atoms with Crippen LogP contribution in [0.15, 0.2) is 103 Å². The maximum atomic E-state index is 12.8. The molecular formula is C28H24N2O3. The molecule has 33 heavy (non-hydrogen) atoms. The quantitative estimate of drug-likeness (QED) is 0.369. The molecule has 0 atom stereocenters. The van der Waals surface area contributed by atoms with Crippen LogP contribution >= 0.6 is 0 Å². The van der Waals surface area contributed by atoms with Crippen molar-refractivity contribution in [3.05, 3.63) is 125 Å². The minimum Gasteiger partial charge on any atom is -0.489 e. The van der Waals surface area contributed by atoms with Gasteiger partial charge in [0.05, 0.1) is 0 Å². The van der Waals surface area contributed by atoms with Gasteiger partial charge >= 0.3 is 0 Å². The zero-order valence-corrected chi connectivity index (χ0v) is 18.2. The van der Waals surface area contributed by atoms with Crippen LogP contribution in [0, 0.1) is 6.92 Å². The summed E-state index contributed by atoms with van der Waals surface area (Å²) in [7, 11) is 0. The van der Waals surface area contributed by atoms with Gasteiger partial charge in [-0.15, -0.1) is 0 Å². The normalized spacial score (nSPS) is 10.3. The third-order valence-electron chi connectivity index (χ3n) is 5.14. The number of carbonyl (C=O) groups is 2. The van der Waals surface area contributed by atoms with E-state index in [1.165, 1.54) is 0 Å². The molecule has 5 heteroatoms. The Balaban J connectivity index is 1.39. The van der Waals surface area contributed by atoms with Crippen molar-refractivity contribution in [2.45, 2.75) is 13.5 Å². The van der Waals surface area contributed by atoms with E-state index in [-0.39, 0.29) is 11.8 Å². The summed E-state index contributed by atoms with van der Waals surface area (Å²) in [6, 6.07) is 31.4. The Morgan fingerprint density at radius 1 is 0.697 bits per heavy atom. The van der Waals surface area contributed by atoms with E-state index in [1.54, 1.807) is 36.4 Å². The van der Waals surface area contributed by atoms with Crippen LogP contribution in [-0.4, -0.2) is 11.8 Å². The third-order valence-corrected chi connectivity index (χ3v) is 5.14. The van der Waals surface area contributed by atoms with Crippen LogP contribution in [0.2, 0.25) is 0 Å². The van der Waals surface area contributed by atoms with Gasteiger partial charge in [-0.25, -0.2) is 0 Å². The molecule has 0 aliphatic carbocycles. The van der Waals surface area contributed by atoms with Gasteiger partial charge in [-0.2, -0.15) is 0 Å². The summed E-state index contributed by atoms with van der Waals surface area (Å²) < 4.78 is 5.79. The molecule has 5 nitrogen and oxygen atoms in total. The molecule has 2 amide bonds. The van der Waals surface area contributed by atoms with Gasteiger partial charge in [0, 0.05) is 22.5 Å². The van der Waals surface area contributed by atoms with E-state index in [2.05, 4.69) is 10.6 Å². The number of rotatable bonds is 7. The Hall–Kier alpha value is -4.38. The standard InChI is InChI=1S/C28H24N2O3/c1-20-12-13-23(18-26(20)30-27(31)22-10-6-3-7-11-22)28(32)29-24-14-16-25(17-15-24)33-19-21-8-4-2-5-9-21/h2-18H,19H2,1H3,(H,29,32)(H,30,31). The molecule has 4 aromatic carbocycles. The minimum absolute atomic E-state index is 0.220. The van der Waals surface area contributed by atoms with E-state index >= 15 is 0 Å². The highest BCUT2D eigenvalue weighted by molar-refractivity contribution is 6.07. The smallest absolute Gasteiger partial charge is 0.255 e. The Labute approximate surface area is 193 Å². The number of hydrogen-bond donors (Lipinski definition) is 2. The van der Waals surface area contributed by atoms with Gasteiger partial charge in [-0.3, -0.25) is 9.59 Å². The summed E-state index contributed by atoms with van der Waals surface area (Å²) in [5.74, 6) is 0.239. The number of amides is 2. The van der Waals surface area contributed by atoms with Crippen LogP contribution in [0.1, 0.15) is 31.8 Å². The summed E-state index contributed by atoms with van der Waals surface area (Å²) in [6.45, 7) is 2.36. The lowest BCUT2D eigenvalue weighted by molar-refractivity contribution is 0.101. The number of hydrogen-bond acceptors (Lipinski definition) is 3. The van der Waals surface area contributed by atoms with Gasteiger partial charge in [0.2, 0.25) is 0 Å². The Bertz CT molecular complexity index is 1240. The largest absolute Gasteiger partial charge is 0.489 e. The highest BCUT2D eigenvalue weighted by atomic mass is 16.5. The molecule has 0 aliphatic rings. The Morgan fingerprint density at radius 3 is 2.03 bits per heavy atom. The molecule has 0 spiro atoms. The highest BCUT2D eigenvalue weighted by Crippen LogP contribution is 2.21. The van der Waals surface area contributed by atoms with Crippen molar-refractivity contribution >= 4 is 23.2 Å². The van der Waals surface area contributed by atoms with E-state index < -0.39 is 0 Å². The molecule has 0 aliphatic heterocycles. The van der Waals surface area contributed by atoms with E-state index in [4.69, 9.17) is 4.74 Å². The first-order chi connectivity index (χ1) is 16.1. The number of benzene rings is 4. The molecule has 0 saturated carbocycles. The number of carbonyl (C=O) groups excluding carboxylic acids is 2. The van der Waals surface area contributed by atoms with Crippen molar-refractivity contribution in [3.63, 3.8) is 0 Å². The van der Waals surface area contributed by atoms with Crippen molar-refractivity contribution in [1.82, 2.24) is 0 Å². The zero-order chi connectivity index (χ0) is 23.0. The molecule has 4 rings (SSSR count). The first-order valence-corrected chi connectivity index (χ1v) is 10.6. The predicted octanol–water partition coefficient (Wildman–Crippen LogP) is 6.08. The average molecular weight is 437 g/mol. The first kappa shape index (κ1) is 21.8. The summed E-state index contributed by atoms with van der Waals surface area (Å²) in [6.07, 6.45) is 0. The van der Waals surface area contributed by atoms with Gasteiger partial charge < -0.3 is 15.4 Å². The maximum Gasteiger partial charge on any atom is 0.255 e. The fourth-order valence-electron chi connectivity index (χ4n) is 3.26. The van der Waals surface area contributed by atoms with Crippen molar-refractivity contribution in [2.75, 3.05) is 10.6 Å². The Kier molecular flexibility index (Phi) is 6.81. The fourth-order valence-corrected chi connectivity index (χ4v) is 3.26. The summed E-state index contributed by atoms with van der Waals surface area (Å²) in [5, 5.41) is 5.77. The fraction of sp³-hybridized carbons (Fsp3) is 0.0714.